The Morgan fingerprint density at radius 2 is 1.79 bits per heavy atom. The van der Waals surface area contributed by atoms with Crippen molar-refractivity contribution >= 4 is 11.5 Å². The summed E-state index contributed by atoms with van der Waals surface area (Å²) in [4.78, 5) is 12.1. The van der Waals surface area contributed by atoms with E-state index in [0.717, 1.165) is 12.1 Å². The Kier molecular flexibility index (Phi) is 5.28. The minimum atomic E-state index is -4.41. The highest BCUT2D eigenvalue weighted by Gasteiger charge is 2.30. The first-order valence-corrected chi connectivity index (χ1v) is 7.10. The zero-order chi connectivity index (χ0) is 17.7. The van der Waals surface area contributed by atoms with Crippen LogP contribution in [0, 0.1) is 0 Å². The minimum absolute atomic E-state index is 0.255. The van der Waals surface area contributed by atoms with E-state index in [9.17, 15) is 18.0 Å². The first kappa shape index (κ1) is 17.6. The molecule has 0 radical (unpaired) electrons. The number of benzene rings is 2. The maximum absolute atomic E-state index is 12.7. The van der Waals surface area contributed by atoms with Crippen molar-refractivity contribution in [2.45, 2.75) is 13.1 Å². The van der Waals surface area contributed by atoms with Crippen LogP contribution in [0.2, 0.25) is 0 Å². The van der Waals surface area contributed by atoms with Gasteiger partial charge in [0, 0.05) is 23.0 Å². The van der Waals surface area contributed by atoms with E-state index in [1.54, 1.807) is 31.2 Å². The number of allylic oxidation sites excluding steroid dienone is 2. The average molecular weight is 335 g/mol. The molecular weight excluding hydrogens is 319 g/mol. The van der Waals surface area contributed by atoms with Crippen LogP contribution in [0.1, 0.15) is 22.8 Å². The van der Waals surface area contributed by atoms with Crippen LogP contribution >= 0.6 is 0 Å². The third kappa shape index (κ3) is 4.62. The molecule has 0 atom stereocenters. The molecule has 0 aliphatic rings. The van der Waals surface area contributed by atoms with Crippen LogP contribution in [0.4, 0.5) is 18.9 Å². The van der Waals surface area contributed by atoms with Crippen molar-refractivity contribution in [3.63, 3.8) is 0 Å². The van der Waals surface area contributed by atoms with Crippen molar-refractivity contribution in [2.75, 3.05) is 12.4 Å². The smallest absolute Gasteiger partial charge is 0.416 e. The number of hydrogen-bond donors (Lipinski definition) is 1. The highest BCUT2D eigenvalue weighted by Crippen LogP contribution is 2.30. The molecule has 0 aliphatic heterocycles. The quantitative estimate of drug-likeness (QED) is 0.623. The zero-order valence-electron chi connectivity index (χ0n) is 13.1. The molecule has 2 rings (SSSR count). The predicted molar refractivity (Wildman–Crippen MR) is 86.1 cm³/mol. The lowest BCUT2D eigenvalue weighted by Gasteiger charge is -2.11. The molecule has 1 N–H and O–H groups in total. The fourth-order valence-corrected chi connectivity index (χ4v) is 2.07. The molecule has 3 nitrogen and oxygen atoms in total. The summed E-state index contributed by atoms with van der Waals surface area (Å²) in [5.41, 5.74) is 0.416. The van der Waals surface area contributed by atoms with Gasteiger partial charge in [0.05, 0.1) is 12.7 Å². The minimum Gasteiger partial charge on any atom is -0.497 e. The van der Waals surface area contributed by atoms with Gasteiger partial charge in [-0.05, 0) is 49.4 Å². The van der Waals surface area contributed by atoms with Gasteiger partial charge in [0.2, 0.25) is 0 Å². The molecule has 0 fully saturated rings. The van der Waals surface area contributed by atoms with E-state index in [1.807, 2.05) is 0 Å². The lowest BCUT2D eigenvalue weighted by molar-refractivity contribution is -0.137. The van der Waals surface area contributed by atoms with Crippen molar-refractivity contribution in [1.29, 1.82) is 0 Å². The van der Waals surface area contributed by atoms with Gasteiger partial charge in [0.1, 0.15) is 5.75 Å². The Morgan fingerprint density at radius 1 is 1.12 bits per heavy atom. The van der Waals surface area contributed by atoms with Gasteiger partial charge in [0.25, 0.3) is 0 Å². The van der Waals surface area contributed by atoms with Crippen molar-refractivity contribution in [3.8, 4) is 5.75 Å². The number of hydrogen-bond acceptors (Lipinski definition) is 3. The average Bonchev–Trinajstić information content (AvgIpc) is 2.54. The van der Waals surface area contributed by atoms with E-state index in [-0.39, 0.29) is 11.5 Å². The number of ketones is 1. The third-order valence-electron chi connectivity index (χ3n) is 3.25. The lowest BCUT2D eigenvalue weighted by Crippen LogP contribution is -2.06. The Labute approximate surface area is 137 Å². The number of anilines is 1. The number of carbonyl (C=O) groups is 1. The zero-order valence-corrected chi connectivity index (χ0v) is 13.1. The number of ether oxygens (including phenoxy) is 1. The molecule has 0 amide bonds. The summed E-state index contributed by atoms with van der Waals surface area (Å²) < 4.78 is 43.1. The van der Waals surface area contributed by atoms with Gasteiger partial charge in [0.15, 0.2) is 5.78 Å². The van der Waals surface area contributed by atoms with E-state index in [1.165, 1.54) is 25.3 Å². The second-order valence-corrected chi connectivity index (χ2v) is 5.12. The number of nitrogens with one attached hydrogen (secondary N) is 1. The van der Waals surface area contributed by atoms with Crippen molar-refractivity contribution in [3.05, 3.63) is 71.4 Å². The Morgan fingerprint density at radius 3 is 2.38 bits per heavy atom. The van der Waals surface area contributed by atoms with Gasteiger partial charge in [-0.2, -0.15) is 13.2 Å². The summed E-state index contributed by atoms with van der Waals surface area (Å²) in [5, 5.41) is 2.79. The van der Waals surface area contributed by atoms with Crippen LogP contribution in [-0.4, -0.2) is 12.9 Å². The number of carbonyl (C=O) groups excluding carboxylic acids is 1. The highest BCUT2D eigenvalue weighted by atomic mass is 19.4. The Bertz CT molecular complexity index is 750. The number of rotatable bonds is 5. The summed E-state index contributed by atoms with van der Waals surface area (Å²) in [6.07, 6.45) is -3.07. The van der Waals surface area contributed by atoms with E-state index in [0.29, 0.717) is 17.0 Å². The maximum Gasteiger partial charge on any atom is 0.416 e. The first-order chi connectivity index (χ1) is 11.3. The van der Waals surface area contributed by atoms with Crippen LogP contribution in [0.25, 0.3) is 0 Å². The summed E-state index contributed by atoms with van der Waals surface area (Å²) in [6, 6.07) is 11.4. The van der Waals surface area contributed by atoms with E-state index in [4.69, 9.17) is 4.74 Å². The summed E-state index contributed by atoms with van der Waals surface area (Å²) in [6.45, 7) is 1.61. The first-order valence-electron chi connectivity index (χ1n) is 7.10. The van der Waals surface area contributed by atoms with E-state index in [2.05, 4.69) is 5.32 Å². The standard InChI is InChI=1S/C18H16F3NO2/c1-12(10-17(23)13-6-8-16(24-2)9-7-13)22-15-5-3-4-14(11-15)18(19,20)21/h3-11,22H,1-2H3/b12-10-. The molecule has 0 saturated heterocycles. The van der Waals surface area contributed by atoms with Crippen molar-refractivity contribution in [2.24, 2.45) is 0 Å². The van der Waals surface area contributed by atoms with Gasteiger partial charge >= 0.3 is 6.18 Å². The van der Waals surface area contributed by atoms with Crippen LogP contribution in [0.5, 0.6) is 5.75 Å². The van der Waals surface area contributed by atoms with Gasteiger partial charge in [-0.25, -0.2) is 0 Å². The predicted octanol–water partition coefficient (Wildman–Crippen LogP) is 4.91. The molecule has 0 aliphatic carbocycles. The molecule has 0 spiro atoms. The summed E-state index contributed by atoms with van der Waals surface area (Å²) >= 11 is 0. The largest absolute Gasteiger partial charge is 0.497 e. The number of alkyl halides is 3. The molecule has 0 heterocycles. The van der Waals surface area contributed by atoms with E-state index >= 15 is 0 Å². The second-order valence-electron chi connectivity index (χ2n) is 5.12. The van der Waals surface area contributed by atoms with Gasteiger partial charge in [-0.3, -0.25) is 4.79 Å². The normalized spacial score (nSPS) is 12.0. The fourth-order valence-electron chi connectivity index (χ4n) is 2.07. The van der Waals surface area contributed by atoms with Crippen LogP contribution < -0.4 is 10.1 Å². The van der Waals surface area contributed by atoms with Gasteiger partial charge in [-0.1, -0.05) is 6.07 Å². The SMILES string of the molecule is COc1ccc(C(=O)/C=C(/C)Nc2cccc(C(F)(F)F)c2)cc1. The lowest BCUT2D eigenvalue weighted by atomic mass is 10.1. The van der Waals surface area contributed by atoms with Gasteiger partial charge < -0.3 is 10.1 Å². The third-order valence-corrected chi connectivity index (χ3v) is 3.25. The molecule has 2 aromatic rings. The molecule has 24 heavy (non-hydrogen) atoms. The maximum atomic E-state index is 12.7. The molecule has 2 aromatic carbocycles. The number of halogens is 3. The van der Waals surface area contributed by atoms with Crippen LogP contribution in [0.15, 0.2) is 60.3 Å². The molecule has 6 heteroatoms. The van der Waals surface area contributed by atoms with Crippen molar-refractivity contribution in [1.82, 2.24) is 0 Å². The summed E-state index contributed by atoms with van der Waals surface area (Å²) in [5.74, 6) is 0.379. The Balaban J connectivity index is 2.12. The number of methoxy groups -OCH3 is 1. The topological polar surface area (TPSA) is 38.3 Å². The molecule has 0 bridgehead atoms. The highest BCUT2D eigenvalue weighted by molar-refractivity contribution is 6.05. The van der Waals surface area contributed by atoms with Crippen LogP contribution in [-0.2, 0) is 6.18 Å². The molecule has 126 valence electrons. The molecular formula is C18H16F3NO2. The Hall–Kier alpha value is -2.76. The van der Waals surface area contributed by atoms with Crippen LogP contribution in [0.3, 0.4) is 0 Å². The molecule has 0 unspecified atom stereocenters. The van der Waals surface area contributed by atoms with E-state index < -0.39 is 11.7 Å². The molecule has 0 saturated carbocycles. The van der Waals surface area contributed by atoms with Crippen molar-refractivity contribution < 1.29 is 22.7 Å². The fraction of sp³-hybridized carbons (Fsp3) is 0.167. The van der Waals surface area contributed by atoms with Gasteiger partial charge in [-0.15, -0.1) is 0 Å². The monoisotopic (exact) mass is 335 g/mol. The second kappa shape index (κ2) is 7.21. The molecule has 0 aromatic heterocycles. The summed E-state index contributed by atoms with van der Waals surface area (Å²) in [7, 11) is 1.53.